The summed E-state index contributed by atoms with van der Waals surface area (Å²) in [5.74, 6) is 1.15. The molecule has 2 aromatic carbocycles. The van der Waals surface area contributed by atoms with Crippen LogP contribution in [0.5, 0.6) is 11.5 Å². The number of hydrogen-bond donors (Lipinski definition) is 1. The van der Waals surface area contributed by atoms with Crippen LogP contribution in [0.3, 0.4) is 0 Å². The van der Waals surface area contributed by atoms with Gasteiger partial charge in [0.2, 0.25) is 0 Å². The highest BCUT2D eigenvalue weighted by Gasteiger charge is 2.19. The molecule has 0 aliphatic rings. The van der Waals surface area contributed by atoms with E-state index in [1.54, 1.807) is 26.4 Å². The van der Waals surface area contributed by atoms with E-state index in [0.717, 1.165) is 5.56 Å². The Balaban J connectivity index is 2.36. The Hall–Kier alpha value is -2.07. The molecule has 0 aliphatic heterocycles. The Morgan fingerprint density at radius 2 is 1.81 bits per heavy atom. The van der Waals surface area contributed by atoms with Crippen LogP contribution in [-0.2, 0) is 6.42 Å². The molecule has 112 valence electrons. The van der Waals surface area contributed by atoms with E-state index in [1.807, 2.05) is 31.3 Å². The van der Waals surface area contributed by atoms with Gasteiger partial charge in [-0.05, 0) is 31.2 Å². The number of para-hydroxylation sites is 1. The molecule has 1 unspecified atom stereocenters. The zero-order valence-corrected chi connectivity index (χ0v) is 12.5. The summed E-state index contributed by atoms with van der Waals surface area (Å²) < 4.78 is 24.6. The van der Waals surface area contributed by atoms with Gasteiger partial charge in [0.15, 0.2) is 11.5 Å². The molecule has 1 N–H and O–H groups in total. The van der Waals surface area contributed by atoms with E-state index in [0.29, 0.717) is 23.5 Å². The Bertz CT molecular complexity index is 601. The summed E-state index contributed by atoms with van der Waals surface area (Å²) in [6.07, 6.45) is 0.534. The lowest BCUT2D eigenvalue weighted by molar-refractivity contribution is 0.347. The van der Waals surface area contributed by atoms with Crippen molar-refractivity contribution in [3.05, 3.63) is 59.4 Å². The summed E-state index contributed by atoms with van der Waals surface area (Å²) >= 11 is 0. The topological polar surface area (TPSA) is 30.5 Å². The molecule has 21 heavy (non-hydrogen) atoms. The van der Waals surface area contributed by atoms with Crippen LogP contribution in [0.4, 0.5) is 4.39 Å². The molecule has 0 spiro atoms. The van der Waals surface area contributed by atoms with E-state index in [9.17, 15) is 4.39 Å². The average Bonchev–Trinajstić information content (AvgIpc) is 2.53. The maximum absolute atomic E-state index is 13.8. The largest absolute Gasteiger partial charge is 0.493 e. The van der Waals surface area contributed by atoms with Crippen molar-refractivity contribution in [2.75, 3.05) is 21.3 Å². The van der Waals surface area contributed by atoms with E-state index in [2.05, 4.69) is 5.32 Å². The van der Waals surface area contributed by atoms with Crippen molar-refractivity contribution in [2.45, 2.75) is 12.5 Å². The molecule has 0 fully saturated rings. The van der Waals surface area contributed by atoms with Crippen molar-refractivity contribution in [3.8, 4) is 11.5 Å². The summed E-state index contributed by atoms with van der Waals surface area (Å²) in [5, 5.41) is 3.22. The number of rotatable bonds is 6. The lowest BCUT2D eigenvalue weighted by Gasteiger charge is -2.21. The van der Waals surface area contributed by atoms with Gasteiger partial charge in [0.25, 0.3) is 0 Å². The van der Waals surface area contributed by atoms with E-state index < -0.39 is 0 Å². The molecule has 0 saturated heterocycles. The second kappa shape index (κ2) is 7.09. The highest BCUT2D eigenvalue weighted by Crippen LogP contribution is 2.35. The van der Waals surface area contributed by atoms with Crippen LogP contribution in [0.1, 0.15) is 17.2 Å². The molecule has 0 bridgehead atoms. The molecular weight excluding hydrogens is 269 g/mol. The van der Waals surface area contributed by atoms with Gasteiger partial charge < -0.3 is 14.8 Å². The van der Waals surface area contributed by atoms with Gasteiger partial charge in [-0.25, -0.2) is 4.39 Å². The predicted octanol–water partition coefficient (Wildman–Crippen LogP) is 3.35. The number of nitrogens with one attached hydrogen (secondary N) is 1. The minimum atomic E-state index is -0.195. The van der Waals surface area contributed by atoms with Gasteiger partial charge in [0.1, 0.15) is 5.82 Å². The first kappa shape index (κ1) is 15.3. The number of ether oxygens (including phenoxy) is 2. The fraction of sp³-hybridized carbons (Fsp3) is 0.294. The Morgan fingerprint density at radius 3 is 2.43 bits per heavy atom. The molecule has 0 heterocycles. The zero-order chi connectivity index (χ0) is 15.2. The number of benzene rings is 2. The molecule has 0 aliphatic carbocycles. The first-order valence-corrected chi connectivity index (χ1v) is 6.82. The molecule has 1 atom stereocenters. The maximum Gasteiger partial charge on any atom is 0.165 e. The van der Waals surface area contributed by atoms with Crippen LogP contribution in [0.2, 0.25) is 0 Å². The van der Waals surface area contributed by atoms with Crippen molar-refractivity contribution in [1.29, 1.82) is 0 Å². The minimum Gasteiger partial charge on any atom is -0.493 e. The number of likely N-dealkylation sites (N-methyl/N-ethyl adjacent to an activating group) is 1. The Labute approximate surface area is 124 Å². The first-order chi connectivity index (χ1) is 10.2. The van der Waals surface area contributed by atoms with Crippen molar-refractivity contribution >= 4 is 0 Å². The molecule has 2 rings (SSSR count). The normalized spacial score (nSPS) is 12.0. The molecule has 2 aromatic rings. The summed E-state index contributed by atoms with van der Waals surface area (Å²) in [6.45, 7) is 0. The van der Waals surface area contributed by atoms with E-state index >= 15 is 0 Å². The smallest absolute Gasteiger partial charge is 0.165 e. The molecule has 0 amide bonds. The highest BCUT2D eigenvalue weighted by molar-refractivity contribution is 5.48. The fourth-order valence-corrected chi connectivity index (χ4v) is 2.44. The fourth-order valence-electron chi connectivity index (χ4n) is 2.44. The van der Waals surface area contributed by atoms with E-state index in [1.165, 1.54) is 6.07 Å². The van der Waals surface area contributed by atoms with Gasteiger partial charge >= 0.3 is 0 Å². The van der Waals surface area contributed by atoms with Gasteiger partial charge in [-0.3, -0.25) is 0 Å². The lowest BCUT2D eigenvalue weighted by Crippen LogP contribution is -2.20. The number of halogens is 1. The molecule has 0 radical (unpaired) electrons. The third-order valence-corrected chi connectivity index (χ3v) is 3.54. The molecule has 4 heteroatoms. The Kier molecular flexibility index (Phi) is 5.17. The van der Waals surface area contributed by atoms with Gasteiger partial charge in [-0.15, -0.1) is 0 Å². The third kappa shape index (κ3) is 3.34. The van der Waals surface area contributed by atoms with Crippen molar-refractivity contribution in [2.24, 2.45) is 0 Å². The monoisotopic (exact) mass is 289 g/mol. The second-order valence-corrected chi connectivity index (χ2v) is 4.72. The number of methoxy groups -OCH3 is 2. The summed E-state index contributed by atoms with van der Waals surface area (Å²) in [5.41, 5.74) is 1.62. The first-order valence-electron chi connectivity index (χ1n) is 6.82. The van der Waals surface area contributed by atoms with Gasteiger partial charge in [0.05, 0.1) is 14.2 Å². The van der Waals surface area contributed by atoms with Crippen LogP contribution in [0.25, 0.3) is 0 Å². The molecule has 3 nitrogen and oxygen atoms in total. The zero-order valence-electron chi connectivity index (χ0n) is 12.5. The average molecular weight is 289 g/mol. The molecule has 0 saturated carbocycles. The minimum absolute atomic E-state index is 0.0630. The van der Waals surface area contributed by atoms with Crippen LogP contribution in [0, 0.1) is 5.82 Å². The number of hydrogen-bond acceptors (Lipinski definition) is 3. The van der Waals surface area contributed by atoms with Crippen molar-refractivity contribution < 1.29 is 13.9 Å². The second-order valence-electron chi connectivity index (χ2n) is 4.72. The highest BCUT2D eigenvalue weighted by atomic mass is 19.1. The molecular formula is C17H20FNO2. The quantitative estimate of drug-likeness (QED) is 0.884. The van der Waals surface area contributed by atoms with E-state index in [4.69, 9.17) is 9.47 Å². The summed E-state index contributed by atoms with van der Waals surface area (Å²) in [4.78, 5) is 0. The lowest BCUT2D eigenvalue weighted by atomic mass is 9.97. The van der Waals surface area contributed by atoms with E-state index in [-0.39, 0.29) is 11.9 Å². The van der Waals surface area contributed by atoms with Crippen LogP contribution in [0.15, 0.2) is 42.5 Å². The maximum atomic E-state index is 13.8. The van der Waals surface area contributed by atoms with Gasteiger partial charge in [-0.1, -0.05) is 30.3 Å². The molecule has 0 aromatic heterocycles. The SMILES string of the molecule is CNC(Cc1ccccc1F)c1cccc(OC)c1OC. The summed E-state index contributed by atoms with van der Waals surface area (Å²) in [7, 11) is 5.06. The van der Waals surface area contributed by atoms with Crippen molar-refractivity contribution in [1.82, 2.24) is 5.32 Å². The summed E-state index contributed by atoms with van der Waals surface area (Å²) in [6, 6.07) is 12.5. The standard InChI is InChI=1S/C17H20FNO2/c1-19-15(11-12-7-4-5-9-14(12)18)13-8-6-10-16(20-2)17(13)21-3/h4-10,15,19H,11H2,1-3H3. The van der Waals surface area contributed by atoms with Crippen molar-refractivity contribution in [3.63, 3.8) is 0 Å². The van der Waals surface area contributed by atoms with Crippen LogP contribution < -0.4 is 14.8 Å². The van der Waals surface area contributed by atoms with Gasteiger partial charge in [0, 0.05) is 11.6 Å². The third-order valence-electron chi connectivity index (χ3n) is 3.54. The Morgan fingerprint density at radius 1 is 1.05 bits per heavy atom. The van der Waals surface area contributed by atoms with Gasteiger partial charge in [-0.2, -0.15) is 0 Å². The predicted molar refractivity (Wildman–Crippen MR) is 81.5 cm³/mol. The van der Waals surface area contributed by atoms with Crippen LogP contribution in [-0.4, -0.2) is 21.3 Å². The van der Waals surface area contributed by atoms with Crippen LogP contribution >= 0.6 is 0 Å².